The number of halogens is 1. The first kappa shape index (κ1) is 34.4. The minimum atomic E-state index is -0.769. The van der Waals surface area contributed by atoms with Crippen molar-refractivity contribution < 1.29 is 29.7 Å². The van der Waals surface area contributed by atoms with Gasteiger partial charge in [-0.25, -0.2) is 4.79 Å². The topological polar surface area (TPSA) is 149 Å². The van der Waals surface area contributed by atoms with Gasteiger partial charge in [0, 0.05) is 35.1 Å². The van der Waals surface area contributed by atoms with E-state index in [4.69, 9.17) is 0 Å². The SMILES string of the molecule is CC(C)C(C)C(=O)C(CCCNC([NH3+])=O)NC(=O)C(NC(=O)CCCCC(=O)C(C)(C)C)C(C)CI. The zero-order valence-corrected chi connectivity index (χ0v) is 25.3. The van der Waals surface area contributed by atoms with Crippen LogP contribution in [0.4, 0.5) is 4.79 Å². The number of rotatable bonds is 17. The molecule has 0 aromatic rings. The minimum absolute atomic E-state index is 0.0602. The fraction of sp³-hybridized carbons (Fsp3) is 0.808. The van der Waals surface area contributed by atoms with Gasteiger partial charge in [-0.1, -0.05) is 71.1 Å². The summed E-state index contributed by atoms with van der Waals surface area (Å²) < 4.78 is 0.646. The molecule has 0 rings (SSSR count). The van der Waals surface area contributed by atoms with Gasteiger partial charge in [0.05, 0.1) is 6.04 Å². The predicted molar refractivity (Wildman–Crippen MR) is 149 cm³/mol. The Morgan fingerprint density at radius 2 is 1.47 bits per heavy atom. The summed E-state index contributed by atoms with van der Waals surface area (Å²) in [7, 11) is 0. The van der Waals surface area contributed by atoms with Crippen LogP contribution in [0.2, 0.25) is 0 Å². The van der Waals surface area contributed by atoms with Crippen LogP contribution in [0.5, 0.6) is 0 Å². The van der Waals surface area contributed by atoms with Crippen LogP contribution >= 0.6 is 22.6 Å². The summed E-state index contributed by atoms with van der Waals surface area (Å²) in [6.45, 7) is 13.7. The second kappa shape index (κ2) is 17.0. The monoisotopic (exact) mass is 623 g/mol. The molecule has 0 aromatic heterocycles. The number of carbonyl (C=O) groups excluding carboxylic acids is 5. The van der Waals surface area contributed by atoms with Crippen molar-refractivity contribution >= 4 is 52.0 Å². The highest BCUT2D eigenvalue weighted by molar-refractivity contribution is 14.1. The fourth-order valence-electron chi connectivity index (χ4n) is 3.47. The number of nitrogens with one attached hydrogen (secondary N) is 3. The number of Topliss-reactive ketones (excluding diaryl/α,β-unsaturated/α-hetero) is 2. The third-order valence-electron chi connectivity index (χ3n) is 6.41. The van der Waals surface area contributed by atoms with Gasteiger partial charge in [0.2, 0.25) is 11.8 Å². The lowest BCUT2D eigenvalue weighted by molar-refractivity contribution is -0.250. The quantitative estimate of drug-likeness (QED) is 0.112. The number of hydrogen-bond donors (Lipinski definition) is 4. The van der Waals surface area contributed by atoms with Gasteiger partial charge in [0.15, 0.2) is 5.78 Å². The normalized spacial score (nSPS) is 14.9. The van der Waals surface area contributed by atoms with Crippen molar-refractivity contribution in [3.05, 3.63) is 0 Å². The Kier molecular flexibility index (Phi) is 16.3. The van der Waals surface area contributed by atoms with E-state index < -0.39 is 12.1 Å². The van der Waals surface area contributed by atoms with Gasteiger partial charge in [-0.05, 0) is 37.5 Å². The zero-order chi connectivity index (χ0) is 28.1. The average molecular weight is 624 g/mol. The Hall–Kier alpha value is -1.56. The lowest BCUT2D eigenvalue weighted by Crippen LogP contribution is -2.63. The summed E-state index contributed by atoms with van der Waals surface area (Å²) in [5, 5.41) is 8.34. The maximum absolute atomic E-state index is 13.3. The summed E-state index contributed by atoms with van der Waals surface area (Å²) in [6.07, 6.45) is 2.73. The van der Waals surface area contributed by atoms with Gasteiger partial charge in [0.25, 0.3) is 0 Å². The van der Waals surface area contributed by atoms with Crippen molar-refractivity contribution in [1.82, 2.24) is 16.0 Å². The van der Waals surface area contributed by atoms with E-state index >= 15 is 0 Å². The lowest BCUT2D eigenvalue weighted by Gasteiger charge is -2.28. The number of quaternary nitrogens is 1. The molecule has 0 aliphatic carbocycles. The number of ketones is 2. The van der Waals surface area contributed by atoms with Crippen molar-refractivity contribution in [2.75, 3.05) is 11.0 Å². The zero-order valence-electron chi connectivity index (χ0n) is 23.2. The van der Waals surface area contributed by atoms with E-state index in [2.05, 4.69) is 44.3 Å². The van der Waals surface area contributed by atoms with Crippen LogP contribution < -0.4 is 21.7 Å². The number of carbonyl (C=O) groups is 5. The molecule has 0 spiro atoms. The van der Waals surface area contributed by atoms with E-state index in [0.717, 1.165) is 0 Å². The molecule has 6 N–H and O–H groups in total. The number of alkyl halides is 1. The van der Waals surface area contributed by atoms with Crippen LogP contribution in [0.15, 0.2) is 0 Å². The summed E-state index contributed by atoms with van der Waals surface area (Å²) in [5.74, 6) is -0.790. The predicted octanol–water partition coefficient (Wildman–Crippen LogP) is 2.80. The Bertz CT molecular complexity index is 751. The summed E-state index contributed by atoms with van der Waals surface area (Å²) in [4.78, 5) is 62.1. The van der Waals surface area contributed by atoms with Crippen LogP contribution in [0.3, 0.4) is 0 Å². The third kappa shape index (κ3) is 13.7. The molecule has 0 aliphatic heterocycles. The van der Waals surface area contributed by atoms with Crippen molar-refractivity contribution in [3.63, 3.8) is 0 Å². The van der Waals surface area contributed by atoms with Crippen LogP contribution in [0.1, 0.15) is 87.0 Å². The van der Waals surface area contributed by atoms with Crippen LogP contribution in [0, 0.1) is 23.2 Å². The second-order valence-electron chi connectivity index (χ2n) is 11.0. The van der Waals surface area contributed by atoms with Crippen molar-refractivity contribution in [2.45, 2.75) is 99.1 Å². The molecule has 4 atom stereocenters. The highest BCUT2D eigenvalue weighted by Crippen LogP contribution is 2.19. The van der Waals surface area contributed by atoms with Crippen molar-refractivity contribution in [1.29, 1.82) is 0 Å². The molecule has 36 heavy (non-hydrogen) atoms. The maximum atomic E-state index is 13.3. The van der Waals surface area contributed by atoms with Gasteiger partial charge in [-0.2, -0.15) is 0 Å². The van der Waals surface area contributed by atoms with E-state index in [-0.39, 0.29) is 59.0 Å². The molecule has 0 aliphatic rings. The largest absolute Gasteiger partial charge is 0.411 e. The fourth-order valence-corrected chi connectivity index (χ4v) is 3.98. The molecule has 0 saturated heterocycles. The first-order chi connectivity index (χ1) is 16.6. The Balaban J connectivity index is 5.20. The molecule has 4 unspecified atom stereocenters. The Morgan fingerprint density at radius 3 is 1.97 bits per heavy atom. The molecule has 0 saturated carbocycles. The highest BCUT2D eigenvalue weighted by atomic mass is 127. The standard InChI is InChI=1S/C26H47IN4O5/c1-16(2)18(4)23(34)19(11-10-14-29-25(28)36)30-24(35)22(17(3)15-27)31-21(33)13-9-8-12-20(32)26(5,6)7/h16-19,22H,8-15H2,1-7H3,(H,30,35)(H,31,33)(H3,28,29,36)/p+1. The molecule has 0 bridgehead atoms. The van der Waals surface area contributed by atoms with Crippen molar-refractivity contribution in [2.24, 2.45) is 23.2 Å². The van der Waals surface area contributed by atoms with Crippen molar-refractivity contribution in [3.8, 4) is 0 Å². The van der Waals surface area contributed by atoms with Gasteiger partial charge in [-0.3, -0.25) is 24.9 Å². The van der Waals surface area contributed by atoms with E-state index in [0.29, 0.717) is 43.1 Å². The first-order valence-corrected chi connectivity index (χ1v) is 14.5. The molecule has 208 valence electrons. The molecular weight excluding hydrogens is 575 g/mol. The number of amides is 4. The smallest absolute Gasteiger partial charge is 0.344 e. The van der Waals surface area contributed by atoms with Crippen LogP contribution in [-0.4, -0.2) is 52.5 Å². The maximum Gasteiger partial charge on any atom is 0.411 e. The van der Waals surface area contributed by atoms with Crippen LogP contribution in [0.25, 0.3) is 0 Å². The van der Waals surface area contributed by atoms with E-state index in [1.54, 1.807) is 0 Å². The van der Waals surface area contributed by atoms with Gasteiger partial charge < -0.3 is 16.0 Å². The summed E-state index contributed by atoms with van der Waals surface area (Å²) >= 11 is 2.18. The molecule has 0 radical (unpaired) electrons. The number of hydrogen-bond acceptors (Lipinski definition) is 5. The molecule has 9 nitrogen and oxygen atoms in total. The molecule has 0 aromatic carbocycles. The third-order valence-corrected chi connectivity index (χ3v) is 7.80. The number of urea groups is 1. The molecule has 10 heteroatoms. The Morgan fingerprint density at radius 1 is 0.889 bits per heavy atom. The highest BCUT2D eigenvalue weighted by Gasteiger charge is 2.32. The van der Waals surface area contributed by atoms with Crippen LogP contribution in [-0.2, 0) is 19.2 Å². The average Bonchev–Trinajstić information content (AvgIpc) is 2.79. The lowest BCUT2D eigenvalue weighted by atomic mass is 9.87. The number of unbranched alkanes of at least 4 members (excludes halogenated alkanes) is 1. The molecule has 0 heterocycles. The van der Waals surface area contributed by atoms with E-state index in [9.17, 15) is 24.0 Å². The molecular formula is C26H48IN4O5+. The van der Waals surface area contributed by atoms with Gasteiger partial charge in [-0.15, -0.1) is 0 Å². The molecule has 4 amide bonds. The summed E-state index contributed by atoms with van der Waals surface area (Å²) in [6, 6.07) is -1.87. The molecule has 0 fully saturated rings. The first-order valence-electron chi connectivity index (χ1n) is 12.9. The van der Waals surface area contributed by atoms with E-state index in [1.165, 1.54) is 0 Å². The second-order valence-corrected chi connectivity index (χ2v) is 11.9. The Labute approximate surface area is 230 Å². The minimum Gasteiger partial charge on any atom is -0.344 e. The van der Waals surface area contributed by atoms with Gasteiger partial charge in [0.1, 0.15) is 11.8 Å². The van der Waals surface area contributed by atoms with Gasteiger partial charge >= 0.3 is 6.03 Å². The summed E-state index contributed by atoms with van der Waals surface area (Å²) in [5.41, 5.74) is 2.88. The van der Waals surface area contributed by atoms with E-state index in [1.807, 2.05) is 48.5 Å².